The topological polar surface area (TPSA) is 69.6 Å². The van der Waals surface area contributed by atoms with Crippen LogP contribution in [-0.4, -0.2) is 58.9 Å². The number of hydrogen-bond acceptors (Lipinski definition) is 3. The van der Waals surface area contributed by atoms with Crippen LogP contribution in [0.25, 0.3) is 10.8 Å². The third kappa shape index (κ3) is 4.18. The lowest BCUT2D eigenvalue weighted by Crippen LogP contribution is -2.71. The summed E-state index contributed by atoms with van der Waals surface area (Å²) in [5.74, 6) is 0.962. The maximum absolute atomic E-state index is 13.3. The third-order valence-corrected chi connectivity index (χ3v) is 9.26. The Hall–Kier alpha value is -2.89. The zero-order valence-corrected chi connectivity index (χ0v) is 21.1. The number of aliphatic hydroxyl groups is 1. The third-order valence-electron chi connectivity index (χ3n) is 9.26. The lowest BCUT2D eigenvalue weighted by atomic mass is 9.55. The molecule has 0 bridgehead atoms. The minimum Gasteiger partial charge on any atom is -0.508 e. The molecule has 0 aromatic heterocycles. The number of fused-ring (bicyclic) bond motifs is 2. The van der Waals surface area contributed by atoms with Crippen LogP contribution in [0.5, 0.6) is 5.75 Å². The molecule has 188 valence electrons. The Morgan fingerprint density at radius 3 is 2.58 bits per heavy atom. The minimum atomic E-state index is -0.868. The quantitative estimate of drug-likeness (QED) is 0.457. The van der Waals surface area contributed by atoms with E-state index in [0.717, 1.165) is 59.2 Å². The monoisotopic (exact) mass is 485 g/mol. The van der Waals surface area contributed by atoms with Gasteiger partial charge in [-0.1, -0.05) is 42.5 Å². The number of quaternary nitrogens is 1. The van der Waals surface area contributed by atoms with Crippen molar-refractivity contribution in [2.45, 2.75) is 55.6 Å². The standard InChI is InChI=1S/C31H36N2O3/c1-33(20-22-9-10-22)16-15-30(26-7-4-8-28(34)18-26)19-27(13-14-31(30,36)21-33)32-29(35)25-12-11-23-5-2-3-6-24(23)17-25/h2-8,11-12,17-18,22,27,36H,9-10,13-16,19-21H2,1H3,(H-,32,34,35)/p+1/t27-,30+,31?,33-/m1/s1. The molecule has 5 heteroatoms. The maximum Gasteiger partial charge on any atom is 0.251 e. The molecule has 0 spiro atoms. The molecule has 1 amide bonds. The number of likely N-dealkylation sites (N-methyl/N-ethyl adjacent to an activating group) is 1. The van der Waals surface area contributed by atoms with Crippen molar-refractivity contribution >= 4 is 16.7 Å². The number of piperidine rings is 1. The minimum absolute atomic E-state index is 0.0353. The molecule has 5 nitrogen and oxygen atoms in total. The van der Waals surface area contributed by atoms with Crippen molar-refractivity contribution in [1.82, 2.24) is 5.32 Å². The number of carbonyl (C=O) groups excluding carboxylic acids is 1. The summed E-state index contributed by atoms with van der Waals surface area (Å²) >= 11 is 0. The Morgan fingerprint density at radius 1 is 1.00 bits per heavy atom. The Bertz CT molecular complexity index is 1300. The van der Waals surface area contributed by atoms with Gasteiger partial charge in [-0.25, -0.2) is 0 Å². The maximum atomic E-state index is 13.3. The average Bonchev–Trinajstić information content (AvgIpc) is 3.67. The van der Waals surface area contributed by atoms with Gasteiger partial charge in [0.05, 0.1) is 20.1 Å². The molecular formula is C31H37N2O3+. The first-order valence-electron chi connectivity index (χ1n) is 13.4. The molecule has 1 heterocycles. The molecule has 3 fully saturated rings. The molecule has 3 aromatic rings. The summed E-state index contributed by atoms with van der Waals surface area (Å²) in [4.78, 5) is 13.3. The summed E-state index contributed by atoms with van der Waals surface area (Å²) < 4.78 is 0.913. The molecule has 2 saturated carbocycles. The summed E-state index contributed by atoms with van der Waals surface area (Å²) in [6.45, 7) is 2.87. The molecule has 1 saturated heterocycles. The number of aromatic hydroxyl groups is 1. The van der Waals surface area contributed by atoms with Crippen LogP contribution in [0.3, 0.4) is 0 Å². The average molecular weight is 486 g/mol. The van der Waals surface area contributed by atoms with Gasteiger partial charge in [-0.2, -0.15) is 0 Å². The van der Waals surface area contributed by atoms with Crippen molar-refractivity contribution in [3.63, 3.8) is 0 Å². The fraction of sp³-hybridized carbons (Fsp3) is 0.452. The number of nitrogens with zero attached hydrogens (tertiary/aromatic N) is 1. The molecule has 6 rings (SSSR count). The van der Waals surface area contributed by atoms with Gasteiger partial charge >= 0.3 is 0 Å². The van der Waals surface area contributed by atoms with Crippen LogP contribution in [0, 0.1) is 5.92 Å². The largest absolute Gasteiger partial charge is 0.508 e. The summed E-state index contributed by atoms with van der Waals surface area (Å²) in [6.07, 6.45) is 5.54. The SMILES string of the molecule is C[N@+]1(CC2CC2)CC[C@@]2(c3cccc(O)c3)C[C@H](NC(=O)c3ccc4ccccc4c3)CCC2(O)C1. The number of hydrogen-bond donors (Lipinski definition) is 3. The number of likely N-dealkylation sites (tertiary alicyclic amines) is 1. The van der Waals surface area contributed by atoms with Crippen molar-refractivity contribution in [1.29, 1.82) is 0 Å². The van der Waals surface area contributed by atoms with E-state index in [9.17, 15) is 15.0 Å². The van der Waals surface area contributed by atoms with Crippen LogP contribution in [-0.2, 0) is 5.41 Å². The highest BCUT2D eigenvalue weighted by Gasteiger charge is 2.62. The molecule has 0 radical (unpaired) electrons. The number of carbonyl (C=O) groups is 1. The Balaban J connectivity index is 1.28. The number of phenolic OH excluding ortho intramolecular Hbond substituents is 1. The molecule has 3 aromatic carbocycles. The van der Waals surface area contributed by atoms with Gasteiger partial charge in [0.1, 0.15) is 17.9 Å². The molecular weight excluding hydrogens is 448 g/mol. The smallest absolute Gasteiger partial charge is 0.251 e. The highest BCUT2D eigenvalue weighted by atomic mass is 16.3. The van der Waals surface area contributed by atoms with Crippen molar-refractivity contribution in [3.8, 4) is 5.75 Å². The van der Waals surface area contributed by atoms with E-state index in [1.165, 1.54) is 12.8 Å². The molecule has 4 atom stereocenters. The van der Waals surface area contributed by atoms with E-state index in [1.807, 2.05) is 48.5 Å². The van der Waals surface area contributed by atoms with E-state index in [0.29, 0.717) is 18.4 Å². The highest BCUT2D eigenvalue weighted by molar-refractivity contribution is 5.98. The molecule has 2 aliphatic carbocycles. The second kappa shape index (κ2) is 8.60. The predicted octanol–water partition coefficient (Wildman–Crippen LogP) is 4.76. The Morgan fingerprint density at radius 2 is 1.81 bits per heavy atom. The number of phenols is 1. The van der Waals surface area contributed by atoms with Crippen LogP contribution in [0.1, 0.15) is 54.4 Å². The van der Waals surface area contributed by atoms with Gasteiger partial charge in [0, 0.05) is 29.4 Å². The Kier molecular flexibility index (Phi) is 5.62. The van der Waals surface area contributed by atoms with Gasteiger partial charge < -0.3 is 20.0 Å². The second-order valence-electron chi connectivity index (χ2n) is 12.0. The van der Waals surface area contributed by atoms with E-state index in [2.05, 4.69) is 24.5 Å². The van der Waals surface area contributed by atoms with Crippen molar-refractivity contribution in [2.75, 3.05) is 26.7 Å². The normalized spacial score (nSPS) is 32.1. The zero-order valence-electron chi connectivity index (χ0n) is 21.1. The van der Waals surface area contributed by atoms with Crippen molar-refractivity contribution in [3.05, 3.63) is 77.9 Å². The first-order chi connectivity index (χ1) is 17.3. The number of amides is 1. The first kappa shape index (κ1) is 23.5. The summed E-state index contributed by atoms with van der Waals surface area (Å²) in [7, 11) is 2.30. The molecule has 3 N–H and O–H groups in total. The van der Waals surface area contributed by atoms with E-state index >= 15 is 0 Å². The van der Waals surface area contributed by atoms with Gasteiger partial charge in [0.25, 0.3) is 5.91 Å². The summed E-state index contributed by atoms with van der Waals surface area (Å²) in [6, 6.07) is 21.3. The fourth-order valence-corrected chi connectivity index (χ4v) is 7.24. The van der Waals surface area contributed by atoms with Gasteiger partial charge in [-0.3, -0.25) is 4.79 Å². The number of nitrogens with one attached hydrogen (secondary N) is 1. The highest BCUT2D eigenvalue weighted by Crippen LogP contribution is 2.53. The van der Waals surface area contributed by atoms with E-state index in [1.54, 1.807) is 6.07 Å². The van der Waals surface area contributed by atoms with Crippen LogP contribution in [0.15, 0.2) is 66.7 Å². The van der Waals surface area contributed by atoms with Crippen molar-refractivity contribution < 1.29 is 19.5 Å². The van der Waals surface area contributed by atoms with E-state index < -0.39 is 11.0 Å². The molecule has 1 aliphatic heterocycles. The van der Waals surface area contributed by atoms with Gasteiger partial charge in [-0.15, -0.1) is 0 Å². The second-order valence-corrected chi connectivity index (χ2v) is 12.0. The van der Waals surface area contributed by atoms with E-state index in [4.69, 9.17) is 0 Å². The van der Waals surface area contributed by atoms with E-state index in [-0.39, 0.29) is 17.7 Å². The van der Waals surface area contributed by atoms with Gasteiger partial charge in [0.2, 0.25) is 0 Å². The van der Waals surface area contributed by atoms with Crippen LogP contribution in [0.4, 0.5) is 0 Å². The lowest BCUT2D eigenvalue weighted by molar-refractivity contribution is -0.925. The molecule has 36 heavy (non-hydrogen) atoms. The van der Waals surface area contributed by atoms with Crippen LogP contribution >= 0.6 is 0 Å². The predicted molar refractivity (Wildman–Crippen MR) is 142 cm³/mol. The number of rotatable bonds is 5. The zero-order chi connectivity index (χ0) is 25.0. The van der Waals surface area contributed by atoms with Gasteiger partial charge in [-0.05, 0) is 72.7 Å². The van der Waals surface area contributed by atoms with Crippen LogP contribution in [0.2, 0.25) is 0 Å². The number of benzene rings is 3. The summed E-state index contributed by atoms with van der Waals surface area (Å²) in [5.41, 5.74) is 0.296. The van der Waals surface area contributed by atoms with Gasteiger partial charge in [0.15, 0.2) is 0 Å². The molecule has 1 unspecified atom stereocenters. The molecule has 3 aliphatic rings. The van der Waals surface area contributed by atoms with Crippen molar-refractivity contribution in [2.24, 2.45) is 5.92 Å². The van der Waals surface area contributed by atoms with Crippen LogP contribution < -0.4 is 5.32 Å². The first-order valence-corrected chi connectivity index (χ1v) is 13.4. The summed E-state index contributed by atoms with van der Waals surface area (Å²) in [5, 5.41) is 28.1. The lowest BCUT2D eigenvalue weighted by Gasteiger charge is -2.59. The fourth-order valence-electron chi connectivity index (χ4n) is 7.24. The Labute approximate surface area is 213 Å².